The first-order valence-corrected chi connectivity index (χ1v) is 13.8. The number of ether oxygens (including phenoxy) is 1. The molecule has 0 spiro atoms. The van der Waals surface area contributed by atoms with Gasteiger partial charge in [0.2, 0.25) is 0 Å². The van der Waals surface area contributed by atoms with Crippen molar-refractivity contribution in [2.45, 2.75) is 54.4 Å². The van der Waals surface area contributed by atoms with Crippen molar-refractivity contribution in [1.82, 2.24) is 15.0 Å². The summed E-state index contributed by atoms with van der Waals surface area (Å²) in [4.78, 5) is 25.9. The van der Waals surface area contributed by atoms with Crippen LogP contribution in [0, 0.1) is 5.92 Å². The summed E-state index contributed by atoms with van der Waals surface area (Å²) in [5.41, 5.74) is 5.40. The van der Waals surface area contributed by atoms with E-state index in [1.807, 2.05) is 78.9 Å². The Morgan fingerprint density at radius 2 is 1.82 bits per heavy atom. The summed E-state index contributed by atoms with van der Waals surface area (Å²) in [6.45, 7) is 12.9. The molecule has 208 valence electrons. The molecule has 2 aromatic heterocycles. The molecule has 0 bridgehead atoms. The predicted octanol–water partition coefficient (Wildman–Crippen LogP) is 7.72. The summed E-state index contributed by atoms with van der Waals surface area (Å²) in [7, 11) is 3.62. The monoisotopic (exact) mass is 529 g/mol. The van der Waals surface area contributed by atoms with Crippen LogP contribution in [0.1, 0.15) is 53.5 Å². The van der Waals surface area contributed by atoms with Gasteiger partial charge < -0.3 is 19.7 Å². The highest BCUT2D eigenvalue weighted by Gasteiger charge is 2.25. The van der Waals surface area contributed by atoms with E-state index in [1.54, 1.807) is 19.5 Å². The minimum Gasteiger partial charge on any atom is -0.497 e. The number of carbonyl (C=O) groups excluding carboxylic acids is 1. The molecule has 4 aromatic rings. The molecular weight excluding hydrogens is 486 g/mol. The lowest BCUT2D eigenvalue weighted by atomic mass is 10.1. The van der Waals surface area contributed by atoms with Crippen LogP contribution in [-0.2, 0) is 11.2 Å². The third-order valence-electron chi connectivity index (χ3n) is 5.89. The number of hydrogen-bond donors (Lipinski definition) is 1. The smallest absolute Gasteiger partial charge is 0.163 e. The molecule has 7 nitrogen and oxygen atoms in total. The number of nitrogens with one attached hydrogen (secondary N) is 1. The summed E-state index contributed by atoms with van der Waals surface area (Å²) < 4.78 is 5.46. The standard InChI is InChI=1S/C23H21N5O.C5H10O.2C2H6/c1-24-17-5-8-21-15(12-17)9-11-28(21)23-19-13-18(29-2)6-7-20(19)26-22(27-23)16-4-3-10-25-14-16;1-5(2)3-4-6;2*1-2/h3-8,10,12-14,24H,9,11H2,1-2H3;4-5H,3H2,1-2H3;2*1-2H3. The average molecular weight is 530 g/mol. The molecule has 7 heteroatoms. The maximum Gasteiger partial charge on any atom is 0.163 e. The molecule has 1 aliphatic rings. The van der Waals surface area contributed by atoms with Crippen molar-refractivity contribution < 1.29 is 9.53 Å². The first-order chi connectivity index (χ1) is 19.0. The van der Waals surface area contributed by atoms with Gasteiger partial charge in [0, 0.05) is 54.7 Å². The molecular formula is C32H43N5O2. The van der Waals surface area contributed by atoms with E-state index in [2.05, 4.69) is 33.4 Å². The number of rotatable bonds is 6. The van der Waals surface area contributed by atoms with Crippen LogP contribution in [0.3, 0.4) is 0 Å². The van der Waals surface area contributed by atoms with Crippen molar-refractivity contribution in [3.8, 4) is 17.1 Å². The van der Waals surface area contributed by atoms with E-state index in [1.165, 1.54) is 11.3 Å². The average Bonchev–Trinajstić information content (AvgIpc) is 3.42. The molecule has 1 aliphatic heterocycles. The number of nitrogens with zero attached hydrogens (tertiary/aromatic N) is 4. The lowest BCUT2D eigenvalue weighted by Crippen LogP contribution is -2.16. The van der Waals surface area contributed by atoms with Gasteiger partial charge in [-0.05, 0) is 66.4 Å². The molecule has 0 unspecified atom stereocenters. The molecule has 0 atom stereocenters. The first kappa shape index (κ1) is 31.2. The highest BCUT2D eigenvalue weighted by Crippen LogP contribution is 2.39. The minimum absolute atomic E-state index is 0.530. The first-order valence-electron chi connectivity index (χ1n) is 13.8. The SMILES string of the molecule is CC.CC.CC(C)CC=O.CNc1ccc2c(c1)CCN2c1nc(-c2cccnc2)nc2ccc(OC)cc12. The summed E-state index contributed by atoms with van der Waals surface area (Å²) in [5, 5.41) is 4.19. The zero-order valence-corrected chi connectivity index (χ0v) is 24.7. The fourth-order valence-corrected chi connectivity index (χ4v) is 4.02. The number of carbonyl (C=O) groups is 1. The second kappa shape index (κ2) is 16.1. The Hall–Kier alpha value is -4.00. The molecule has 0 amide bonds. The highest BCUT2D eigenvalue weighted by atomic mass is 16.5. The number of benzene rings is 2. The molecule has 39 heavy (non-hydrogen) atoms. The highest BCUT2D eigenvalue weighted by molar-refractivity contribution is 5.95. The van der Waals surface area contributed by atoms with Gasteiger partial charge in [0.1, 0.15) is 17.9 Å². The number of aldehydes is 1. The zero-order chi connectivity index (χ0) is 28.8. The minimum atomic E-state index is 0.530. The van der Waals surface area contributed by atoms with Crippen molar-refractivity contribution in [3.63, 3.8) is 0 Å². The van der Waals surface area contributed by atoms with E-state index in [9.17, 15) is 4.79 Å². The number of fused-ring (bicyclic) bond motifs is 2. The van der Waals surface area contributed by atoms with Crippen LogP contribution in [0.25, 0.3) is 22.3 Å². The Morgan fingerprint density at radius 3 is 2.41 bits per heavy atom. The number of hydrogen-bond acceptors (Lipinski definition) is 7. The number of aromatic nitrogens is 3. The van der Waals surface area contributed by atoms with E-state index < -0.39 is 0 Å². The molecule has 3 heterocycles. The van der Waals surface area contributed by atoms with Crippen LogP contribution in [0.4, 0.5) is 17.2 Å². The van der Waals surface area contributed by atoms with Gasteiger partial charge in [0.15, 0.2) is 5.82 Å². The number of methoxy groups -OCH3 is 1. The van der Waals surface area contributed by atoms with Crippen molar-refractivity contribution in [3.05, 3.63) is 66.5 Å². The van der Waals surface area contributed by atoms with E-state index in [0.29, 0.717) is 18.2 Å². The van der Waals surface area contributed by atoms with Gasteiger partial charge in [-0.15, -0.1) is 0 Å². The molecule has 0 saturated heterocycles. The van der Waals surface area contributed by atoms with Crippen molar-refractivity contribution in [2.75, 3.05) is 30.9 Å². The summed E-state index contributed by atoms with van der Waals surface area (Å²) in [6, 6.07) is 16.3. The van der Waals surface area contributed by atoms with E-state index in [4.69, 9.17) is 14.7 Å². The molecule has 5 rings (SSSR count). The normalized spacial score (nSPS) is 11.3. The summed E-state index contributed by atoms with van der Waals surface area (Å²) in [5.74, 6) is 2.89. The van der Waals surface area contributed by atoms with Crippen molar-refractivity contribution in [2.24, 2.45) is 5.92 Å². The van der Waals surface area contributed by atoms with Crippen LogP contribution in [0.5, 0.6) is 5.75 Å². The van der Waals surface area contributed by atoms with Gasteiger partial charge in [0.25, 0.3) is 0 Å². The predicted molar refractivity (Wildman–Crippen MR) is 164 cm³/mol. The summed E-state index contributed by atoms with van der Waals surface area (Å²) in [6.07, 6.45) is 6.17. The molecule has 1 N–H and O–H groups in total. The van der Waals surface area contributed by atoms with Gasteiger partial charge in [-0.2, -0.15) is 0 Å². The van der Waals surface area contributed by atoms with Crippen LogP contribution in [-0.4, -0.2) is 41.9 Å². The quantitative estimate of drug-likeness (QED) is 0.256. The van der Waals surface area contributed by atoms with E-state index in [0.717, 1.165) is 53.0 Å². The fraction of sp³-hybridized carbons (Fsp3) is 0.375. The van der Waals surface area contributed by atoms with Crippen LogP contribution >= 0.6 is 0 Å². The maximum absolute atomic E-state index is 9.62. The Labute approximate surface area is 233 Å². The maximum atomic E-state index is 9.62. The lowest BCUT2D eigenvalue weighted by Gasteiger charge is -2.21. The third kappa shape index (κ3) is 7.99. The van der Waals surface area contributed by atoms with Crippen molar-refractivity contribution in [1.29, 1.82) is 0 Å². The van der Waals surface area contributed by atoms with Crippen molar-refractivity contribution >= 4 is 34.4 Å². The number of anilines is 3. The number of pyridine rings is 1. The summed E-state index contributed by atoms with van der Waals surface area (Å²) >= 11 is 0. The van der Waals surface area contributed by atoms with Gasteiger partial charge in [0.05, 0.1) is 12.6 Å². The Morgan fingerprint density at radius 1 is 1.05 bits per heavy atom. The van der Waals surface area contributed by atoms with Gasteiger partial charge in [-0.3, -0.25) is 4.98 Å². The zero-order valence-electron chi connectivity index (χ0n) is 24.7. The largest absolute Gasteiger partial charge is 0.497 e. The molecule has 0 saturated carbocycles. The van der Waals surface area contributed by atoms with E-state index >= 15 is 0 Å². The topological polar surface area (TPSA) is 80.2 Å². The Bertz CT molecular complexity index is 1310. The molecule has 0 radical (unpaired) electrons. The van der Waals surface area contributed by atoms with Crippen LogP contribution in [0.2, 0.25) is 0 Å². The fourth-order valence-electron chi connectivity index (χ4n) is 4.02. The van der Waals surface area contributed by atoms with Crippen LogP contribution in [0.15, 0.2) is 60.9 Å². The lowest BCUT2D eigenvalue weighted by molar-refractivity contribution is -0.108. The Balaban J connectivity index is 0.000000467. The van der Waals surface area contributed by atoms with E-state index in [-0.39, 0.29) is 0 Å². The molecule has 0 fully saturated rings. The second-order valence-corrected chi connectivity index (χ2v) is 8.79. The van der Waals surface area contributed by atoms with Gasteiger partial charge in [-0.1, -0.05) is 41.5 Å². The third-order valence-corrected chi connectivity index (χ3v) is 5.89. The molecule has 0 aliphatic carbocycles. The second-order valence-electron chi connectivity index (χ2n) is 8.79. The molecule has 2 aromatic carbocycles. The Kier molecular flexibility index (Phi) is 12.9. The van der Waals surface area contributed by atoms with Gasteiger partial charge >= 0.3 is 0 Å². The van der Waals surface area contributed by atoms with Crippen LogP contribution < -0.4 is 15.0 Å². The van der Waals surface area contributed by atoms with Gasteiger partial charge in [-0.25, -0.2) is 9.97 Å².